The molecular weight excluding hydrogens is 915 g/mol. The predicted octanol–water partition coefficient (Wildman–Crippen LogP) is -8.96. The van der Waals surface area contributed by atoms with Gasteiger partial charge in [0.05, 0.1) is 38.5 Å². The van der Waals surface area contributed by atoms with Gasteiger partial charge >= 0.3 is 118 Å². The second-order valence-corrected chi connectivity index (χ2v) is 17.8. The van der Waals surface area contributed by atoms with Gasteiger partial charge in [0.25, 0.3) is 30.3 Å². The number of benzene rings is 5. The number of aromatic carboxylic acids is 1. The molecular formula is C32H23N5Na4O15S4. The standard InChI is InChI=1S/C32H27N5O15S4.4Na/c1-16-11-24(17(2)10-23(16)34-33-22-6-4-5-7-27(22)55(47,48)49)35-36-30-28(56(50,51)52)13-18-12-20(54(44,45)46)15-25(29(18)31(30)39)37(3)53(42,43)19-8-9-26(38)21(14-19)32(40)41;;;;/h4-15,38-39H,1-3H3,(H,40,41)(H,44,45,46)(H,47,48,49)(H,50,51,52);;;;/q;4*+1/p-4. The van der Waals surface area contributed by atoms with Crippen molar-refractivity contribution in [1.82, 2.24) is 0 Å². The zero-order valence-corrected chi connectivity index (χ0v) is 43.8. The minimum absolute atomic E-state index is 0. The Labute approximate surface area is 431 Å². The molecule has 0 heterocycles. The van der Waals surface area contributed by atoms with E-state index >= 15 is 0 Å². The molecule has 0 bridgehead atoms. The van der Waals surface area contributed by atoms with Gasteiger partial charge in [-0.15, -0.1) is 10.2 Å². The maximum atomic E-state index is 14.1. The number of hydrogen-bond donors (Lipinski definition) is 2. The van der Waals surface area contributed by atoms with Gasteiger partial charge in [-0.25, -0.2) is 16.8 Å². The summed E-state index contributed by atoms with van der Waals surface area (Å²) >= 11 is 0. The van der Waals surface area contributed by atoms with Gasteiger partial charge in [-0.1, -0.05) is 29.7 Å². The van der Waals surface area contributed by atoms with Gasteiger partial charge < -0.3 is 24.7 Å². The quantitative estimate of drug-likeness (QED) is 0.0706. The Balaban J connectivity index is 0.00000450. The SMILES string of the molecule is Cc1cc(N=Nc2c(S(=O)(=O)O)cc3cc(S(=O)(=O)[O-])cc(N(C)S(=O)(=O)c4ccc([O-])c(C(=O)[O-])c4)c3c2[O-])c(C)cc1N=Nc1ccccc1S(=O)(=O)O.[Na+].[Na+].[Na+].[Na+]. The average molecular weight is 938 g/mol. The van der Waals surface area contributed by atoms with E-state index in [2.05, 4.69) is 20.5 Å². The minimum Gasteiger partial charge on any atom is -0.872 e. The summed E-state index contributed by atoms with van der Waals surface area (Å²) in [7, 11) is -19.7. The van der Waals surface area contributed by atoms with Crippen molar-refractivity contribution in [3.63, 3.8) is 0 Å². The number of anilines is 1. The van der Waals surface area contributed by atoms with Gasteiger partial charge in [0.15, 0.2) is 0 Å². The van der Waals surface area contributed by atoms with E-state index < -0.39 is 105 Å². The van der Waals surface area contributed by atoms with Gasteiger partial charge in [0, 0.05) is 12.4 Å². The third-order valence-corrected chi connectivity index (χ3v) is 12.3. The topological polar surface area (TPSA) is 339 Å². The van der Waals surface area contributed by atoms with Crippen LogP contribution in [0, 0.1) is 13.8 Å². The number of azo groups is 2. The van der Waals surface area contributed by atoms with Crippen molar-refractivity contribution >= 4 is 85.6 Å². The molecule has 5 aromatic rings. The van der Waals surface area contributed by atoms with E-state index in [0.29, 0.717) is 42.0 Å². The Hall–Kier alpha value is -1.89. The molecule has 0 aliphatic heterocycles. The number of carbonyl (C=O) groups excluding carboxylic acids is 1. The largest absolute Gasteiger partial charge is 1.00 e. The van der Waals surface area contributed by atoms with Gasteiger partial charge in [-0.05, 0) is 90.5 Å². The minimum atomic E-state index is -5.45. The smallest absolute Gasteiger partial charge is 0.872 e. The van der Waals surface area contributed by atoms with E-state index in [-0.39, 0.29) is 145 Å². The van der Waals surface area contributed by atoms with Gasteiger partial charge in [0.1, 0.15) is 25.6 Å². The molecule has 0 atom stereocenters. The van der Waals surface area contributed by atoms with Crippen LogP contribution in [0.25, 0.3) is 10.8 Å². The second-order valence-electron chi connectivity index (χ2n) is 11.7. The maximum absolute atomic E-state index is 14.1. The molecule has 0 spiro atoms. The van der Waals surface area contributed by atoms with E-state index in [1.807, 2.05) is 0 Å². The van der Waals surface area contributed by atoms with E-state index in [1.54, 1.807) is 0 Å². The number of fused-ring (bicyclic) bond motifs is 1. The summed E-state index contributed by atoms with van der Waals surface area (Å²) in [6, 6.07) is 11.3. The molecule has 2 N–H and O–H groups in total. The maximum Gasteiger partial charge on any atom is 1.00 e. The molecule has 0 radical (unpaired) electrons. The van der Waals surface area contributed by atoms with Crippen LogP contribution in [0.1, 0.15) is 21.5 Å². The molecule has 5 rings (SSSR count). The van der Waals surface area contributed by atoms with Crippen molar-refractivity contribution in [2.75, 3.05) is 11.4 Å². The van der Waals surface area contributed by atoms with Crippen molar-refractivity contribution in [3.05, 3.63) is 89.5 Å². The summed E-state index contributed by atoms with van der Waals surface area (Å²) in [4.78, 5) is 7.70. The molecule has 5 aromatic carbocycles. The van der Waals surface area contributed by atoms with E-state index in [1.165, 1.54) is 44.2 Å². The number of sulfonamides is 1. The second kappa shape index (κ2) is 21.2. The molecule has 0 amide bonds. The Kier molecular flexibility index (Phi) is 19.8. The normalized spacial score (nSPS) is 12.0. The summed E-state index contributed by atoms with van der Waals surface area (Å²) in [5.74, 6) is -4.58. The first kappa shape index (κ1) is 56.1. The van der Waals surface area contributed by atoms with Crippen molar-refractivity contribution in [3.8, 4) is 11.5 Å². The predicted molar refractivity (Wildman–Crippen MR) is 188 cm³/mol. The molecule has 0 aliphatic carbocycles. The fraction of sp³-hybridized carbons (Fsp3) is 0.0938. The Bertz CT molecular complexity index is 3030. The van der Waals surface area contributed by atoms with Crippen molar-refractivity contribution in [2.24, 2.45) is 20.5 Å². The summed E-state index contributed by atoms with van der Waals surface area (Å²) < 4.78 is 132. The van der Waals surface area contributed by atoms with Crippen molar-refractivity contribution in [2.45, 2.75) is 33.4 Å². The van der Waals surface area contributed by atoms with Crippen LogP contribution in [0.15, 0.2) is 113 Å². The number of nitrogens with zero attached hydrogens (tertiary/aromatic N) is 5. The molecule has 0 saturated carbocycles. The van der Waals surface area contributed by atoms with Crippen molar-refractivity contribution < 1.29 is 186 Å². The van der Waals surface area contributed by atoms with Gasteiger partial charge in [-0.2, -0.15) is 27.1 Å². The van der Waals surface area contributed by atoms with Crippen LogP contribution in [0.5, 0.6) is 11.5 Å². The number of carboxylic acid groups (broad SMARTS) is 1. The third-order valence-electron chi connectivity index (χ3n) is 8.00. The molecule has 60 heavy (non-hydrogen) atoms. The summed E-state index contributed by atoms with van der Waals surface area (Å²) in [5, 5.41) is 51.7. The van der Waals surface area contributed by atoms with Crippen molar-refractivity contribution in [1.29, 1.82) is 0 Å². The van der Waals surface area contributed by atoms with Crippen LogP contribution in [0.2, 0.25) is 0 Å². The first-order valence-corrected chi connectivity index (χ1v) is 20.8. The fourth-order valence-electron chi connectivity index (χ4n) is 5.19. The molecule has 0 saturated heterocycles. The number of aryl methyl sites for hydroxylation is 2. The van der Waals surface area contributed by atoms with Crippen LogP contribution in [-0.2, 0) is 40.4 Å². The fourth-order valence-corrected chi connectivity index (χ4v) is 8.23. The third kappa shape index (κ3) is 12.2. The zero-order chi connectivity index (χ0) is 41.7. The molecule has 0 unspecified atom stereocenters. The zero-order valence-electron chi connectivity index (χ0n) is 32.5. The monoisotopic (exact) mass is 937 g/mol. The average Bonchev–Trinajstić information content (AvgIpc) is 3.09. The first-order valence-electron chi connectivity index (χ1n) is 15.1. The summed E-state index contributed by atoms with van der Waals surface area (Å²) in [6.45, 7) is 3.00. The Morgan fingerprint density at radius 2 is 1.17 bits per heavy atom. The molecule has 0 aliphatic rings. The van der Waals surface area contributed by atoms with E-state index in [9.17, 15) is 67.4 Å². The van der Waals surface area contributed by atoms with Gasteiger partial charge in [0.2, 0.25) is 0 Å². The van der Waals surface area contributed by atoms with Crippen LogP contribution in [0.4, 0.5) is 28.4 Å². The Morgan fingerprint density at radius 1 is 0.650 bits per heavy atom. The van der Waals surface area contributed by atoms with E-state index in [4.69, 9.17) is 0 Å². The first-order chi connectivity index (χ1) is 25.8. The summed E-state index contributed by atoms with van der Waals surface area (Å²) in [5.41, 5.74) is -2.42. The van der Waals surface area contributed by atoms with Gasteiger partial charge in [-0.3, -0.25) is 13.4 Å². The number of carboxylic acids is 1. The molecule has 0 fully saturated rings. The summed E-state index contributed by atoms with van der Waals surface area (Å²) in [6.07, 6.45) is 0. The van der Waals surface area contributed by atoms with Crippen LogP contribution >= 0.6 is 0 Å². The van der Waals surface area contributed by atoms with Crippen LogP contribution in [0.3, 0.4) is 0 Å². The van der Waals surface area contributed by atoms with E-state index in [0.717, 1.165) is 13.1 Å². The molecule has 28 heteroatoms. The number of hydrogen-bond acceptors (Lipinski definition) is 17. The molecule has 0 aromatic heterocycles. The van der Waals surface area contributed by atoms with Crippen LogP contribution in [-0.4, -0.2) is 60.3 Å². The number of rotatable bonds is 11. The molecule has 20 nitrogen and oxygen atoms in total. The Morgan fingerprint density at radius 3 is 1.68 bits per heavy atom. The number of carbonyl (C=O) groups is 1. The molecule has 294 valence electrons. The van der Waals surface area contributed by atoms with Crippen LogP contribution < -0.4 is 138 Å².